The summed E-state index contributed by atoms with van der Waals surface area (Å²) in [5.41, 5.74) is 5.74. The lowest BCUT2D eigenvalue weighted by Crippen LogP contribution is -2.45. The van der Waals surface area contributed by atoms with Gasteiger partial charge in [-0.1, -0.05) is 35.9 Å². The van der Waals surface area contributed by atoms with Gasteiger partial charge < -0.3 is 15.6 Å². The molecule has 33 heavy (non-hydrogen) atoms. The highest BCUT2D eigenvalue weighted by atomic mass is 35.5. The van der Waals surface area contributed by atoms with Gasteiger partial charge in [-0.3, -0.25) is 4.79 Å². The molecule has 0 saturated carbocycles. The minimum atomic E-state index is -1.11. The van der Waals surface area contributed by atoms with E-state index in [-0.39, 0.29) is 25.2 Å². The van der Waals surface area contributed by atoms with Crippen LogP contribution in [0.5, 0.6) is 0 Å². The van der Waals surface area contributed by atoms with Gasteiger partial charge in [0.1, 0.15) is 11.4 Å². The number of carbonyl (C=O) groups excluding carboxylic acids is 2. The van der Waals surface area contributed by atoms with Gasteiger partial charge in [0.25, 0.3) is 0 Å². The number of ether oxygens (including phenoxy) is 1. The van der Waals surface area contributed by atoms with Gasteiger partial charge in [-0.05, 0) is 75.9 Å². The maximum Gasteiger partial charge on any atom is 0.417 e. The molecule has 2 amide bonds. The van der Waals surface area contributed by atoms with Crippen LogP contribution in [0.15, 0.2) is 42.5 Å². The summed E-state index contributed by atoms with van der Waals surface area (Å²) >= 11 is 6.01. The number of carbonyl (C=O) groups is 2. The first-order valence-corrected chi connectivity index (χ1v) is 11.3. The van der Waals surface area contributed by atoms with Crippen LogP contribution in [0.3, 0.4) is 0 Å². The number of nitrogens with zero attached hydrogens (tertiary/aromatic N) is 1. The number of halogens is 2. The SMILES string of the molecule is CC(C)(C)OC(=O)N1C(=O)C(CO)(CCN)CC1Cc1ccc(-c2cc(Cl)ccc2F)cc1. The van der Waals surface area contributed by atoms with Gasteiger partial charge in [0.15, 0.2) is 0 Å². The van der Waals surface area contributed by atoms with E-state index in [4.69, 9.17) is 22.1 Å². The van der Waals surface area contributed by atoms with Crippen LogP contribution in [-0.2, 0) is 16.0 Å². The standard InChI is InChI=1S/C25H30ClFN2O4/c1-24(2,3)33-23(32)29-19(14-25(15-30,10-11-28)22(29)31)12-16-4-6-17(7-5-16)20-13-18(26)8-9-21(20)27/h4-9,13,19,30H,10-12,14-15,28H2,1-3H3. The summed E-state index contributed by atoms with van der Waals surface area (Å²) in [7, 11) is 0. The van der Waals surface area contributed by atoms with Crippen LogP contribution in [0.2, 0.25) is 5.02 Å². The smallest absolute Gasteiger partial charge is 0.417 e. The highest BCUT2D eigenvalue weighted by molar-refractivity contribution is 6.30. The molecule has 178 valence electrons. The molecule has 1 heterocycles. The fourth-order valence-electron chi connectivity index (χ4n) is 4.27. The number of hydrogen-bond acceptors (Lipinski definition) is 5. The third-order valence-corrected chi connectivity index (χ3v) is 6.08. The third kappa shape index (κ3) is 5.54. The van der Waals surface area contributed by atoms with E-state index in [2.05, 4.69) is 0 Å². The molecule has 1 saturated heterocycles. The minimum absolute atomic E-state index is 0.209. The Morgan fingerprint density at radius 3 is 2.52 bits per heavy atom. The predicted molar refractivity (Wildman–Crippen MR) is 125 cm³/mol. The van der Waals surface area contributed by atoms with Crippen LogP contribution in [0.1, 0.15) is 39.2 Å². The highest BCUT2D eigenvalue weighted by Gasteiger charge is 2.53. The number of aliphatic hydroxyl groups is 1. The molecule has 1 fully saturated rings. The highest BCUT2D eigenvalue weighted by Crippen LogP contribution is 2.41. The Hall–Kier alpha value is -2.48. The number of likely N-dealkylation sites (tertiary alicyclic amines) is 1. The zero-order chi connectivity index (χ0) is 24.4. The zero-order valence-corrected chi connectivity index (χ0v) is 19.9. The van der Waals surface area contributed by atoms with Crippen molar-refractivity contribution in [2.75, 3.05) is 13.2 Å². The van der Waals surface area contributed by atoms with Gasteiger partial charge in [0.2, 0.25) is 5.91 Å². The average molecular weight is 477 g/mol. The average Bonchev–Trinajstić information content (AvgIpc) is 3.01. The number of benzene rings is 2. The van der Waals surface area contributed by atoms with Crippen molar-refractivity contribution >= 4 is 23.6 Å². The van der Waals surface area contributed by atoms with Crippen molar-refractivity contribution in [3.63, 3.8) is 0 Å². The lowest BCUT2D eigenvalue weighted by atomic mass is 9.81. The van der Waals surface area contributed by atoms with Gasteiger partial charge in [0, 0.05) is 16.6 Å². The van der Waals surface area contributed by atoms with Crippen LogP contribution in [0.25, 0.3) is 11.1 Å². The molecule has 0 aromatic heterocycles. The zero-order valence-electron chi connectivity index (χ0n) is 19.1. The summed E-state index contributed by atoms with van der Waals surface area (Å²) in [6, 6.07) is 11.1. The van der Waals surface area contributed by atoms with Crippen molar-refractivity contribution in [2.45, 2.75) is 51.7 Å². The molecule has 2 unspecified atom stereocenters. The summed E-state index contributed by atoms with van der Waals surface area (Å²) in [4.78, 5) is 27.3. The van der Waals surface area contributed by atoms with Crippen LogP contribution >= 0.6 is 11.6 Å². The van der Waals surface area contributed by atoms with E-state index < -0.39 is 35.7 Å². The molecule has 0 aliphatic carbocycles. The molecule has 6 nitrogen and oxygen atoms in total. The first-order valence-electron chi connectivity index (χ1n) is 10.9. The number of hydrogen-bond donors (Lipinski definition) is 2. The Morgan fingerprint density at radius 1 is 1.27 bits per heavy atom. The van der Waals surface area contributed by atoms with E-state index in [1.165, 1.54) is 12.1 Å². The third-order valence-electron chi connectivity index (χ3n) is 5.84. The maximum absolute atomic E-state index is 14.2. The maximum atomic E-state index is 14.2. The van der Waals surface area contributed by atoms with E-state index in [0.29, 0.717) is 22.6 Å². The van der Waals surface area contributed by atoms with Crippen LogP contribution < -0.4 is 5.73 Å². The molecular weight excluding hydrogens is 447 g/mol. The number of nitrogens with two attached hydrogens (primary N) is 1. The van der Waals surface area contributed by atoms with Crippen molar-refractivity contribution in [2.24, 2.45) is 11.1 Å². The van der Waals surface area contributed by atoms with E-state index in [0.717, 1.165) is 10.5 Å². The molecule has 1 aliphatic heterocycles. The Balaban J connectivity index is 1.88. The molecule has 2 aromatic carbocycles. The molecule has 2 atom stereocenters. The monoisotopic (exact) mass is 476 g/mol. The first kappa shape index (κ1) is 25.1. The topological polar surface area (TPSA) is 92.9 Å². The van der Waals surface area contributed by atoms with Gasteiger partial charge in [-0.15, -0.1) is 0 Å². The molecule has 8 heteroatoms. The summed E-state index contributed by atoms with van der Waals surface area (Å²) in [6.07, 6.45) is 0.187. The molecule has 0 radical (unpaired) electrons. The molecule has 0 bridgehead atoms. The van der Waals surface area contributed by atoms with Crippen LogP contribution in [0.4, 0.5) is 9.18 Å². The van der Waals surface area contributed by atoms with Gasteiger partial charge in [-0.25, -0.2) is 14.1 Å². The summed E-state index contributed by atoms with van der Waals surface area (Å²) in [6.45, 7) is 5.00. The lowest BCUT2D eigenvalue weighted by molar-refractivity contribution is -0.138. The summed E-state index contributed by atoms with van der Waals surface area (Å²) in [5.74, 6) is -0.841. The van der Waals surface area contributed by atoms with Crippen LogP contribution in [0, 0.1) is 11.2 Å². The second-order valence-corrected chi connectivity index (χ2v) is 9.95. The molecular formula is C25H30ClFN2O4. The summed E-state index contributed by atoms with van der Waals surface area (Å²) < 4.78 is 19.7. The number of rotatable bonds is 6. The fourth-order valence-corrected chi connectivity index (χ4v) is 4.44. The van der Waals surface area contributed by atoms with E-state index in [1.807, 2.05) is 12.1 Å². The first-order chi connectivity index (χ1) is 15.5. The van der Waals surface area contributed by atoms with Crippen LogP contribution in [-0.4, -0.2) is 46.8 Å². The quantitative estimate of drug-likeness (QED) is 0.638. The fraction of sp³-hybridized carbons (Fsp3) is 0.440. The molecule has 2 aromatic rings. The van der Waals surface area contributed by atoms with Gasteiger partial charge in [-0.2, -0.15) is 0 Å². The number of aliphatic hydroxyl groups excluding tert-OH is 1. The molecule has 0 spiro atoms. The second-order valence-electron chi connectivity index (χ2n) is 9.52. The minimum Gasteiger partial charge on any atom is -0.443 e. The molecule has 3 N–H and O–H groups in total. The Bertz CT molecular complexity index is 1020. The van der Waals surface area contributed by atoms with E-state index >= 15 is 0 Å². The van der Waals surface area contributed by atoms with E-state index in [1.54, 1.807) is 39.0 Å². The lowest BCUT2D eigenvalue weighted by Gasteiger charge is -2.28. The van der Waals surface area contributed by atoms with Gasteiger partial charge in [0.05, 0.1) is 12.0 Å². The van der Waals surface area contributed by atoms with Gasteiger partial charge >= 0.3 is 6.09 Å². The van der Waals surface area contributed by atoms with Crippen molar-refractivity contribution in [3.8, 4) is 11.1 Å². The normalized spacial score (nSPS) is 20.9. The number of amides is 2. The summed E-state index contributed by atoms with van der Waals surface area (Å²) in [5, 5.41) is 10.5. The van der Waals surface area contributed by atoms with E-state index in [9.17, 15) is 19.1 Å². The Morgan fingerprint density at radius 2 is 1.94 bits per heavy atom. The number of imide groups is 1. The Labute approximate surface area is 198 Å². The van der Waals surface area contributed by atoms with Crippen molar-refractivity contribution in [1.82, 2.24) is 4.90 Å². The molecule has 1 aliphatic rings. The largest absolute Gasteiger partial charge is 0.443 e. The second kappa shape index (κ2) is 9.79. The molecule has 3 rings (SSSR count). The predicted octanol–water partition coefficient (Wildman–Crippen LogP) is 4.55. The van der Waals surface area contributed by atoms with Crippen molar-refractivity contribution < 1.29 is 23.8 Å². The van der Waals surface area contributed by atoms with Crippen molar-refractivity contribution in [1.29, 1.82) is 0 Å². The van der Waals surface area contributed by atoms with Crippen molar-refractivity contribution in [3.05, 3.63) is 58.9 Å². The Kier molecular flexibility index (Phi) is 7.46.